The van der Waals surface area contributed by atoms with E-state index in [1.54, 1.807) is 11.3 Å². The van der Waals surface area contributed by atoms with Gasteiger partial charge in [-0.05, 0) is 32.0 Å². The van der Waals surface area contributed by atoms with Gasteiger partial charge in [0.05, 0.1) is 5.69 Å². The van der Waals surface area contributed by atoms with Gasteiger partial charge in [-0.3, -0.25) is 4.40 Å². The number of anilines is 2. The van der Waals surface area contributed by atoms with Crippen LogP contribution >= 0.6 is 11.3 Å². The summed E-state index contributed by atoms with van der Waals surface area (Å²) in [5.41, 5.74) is 3.95. The topological polar surface area (TPSA) is 32.6 Å². The number of hydrogen-bond acceptors (Lipinski definition) is 4. The molecular formula is C16H18N4S. The minimum absolute atomic E-state index is 0.447. The van der Waals surface area contributed by atoms with E-state index in [1.165, 1.54) is 16.9 Å². The van der Waals surface area contributed by atoms with E-state index in [4.69, 9.17) is 4.98 Å². The van der Waals surface area contributed by atoms with Crippen molar-refractivity contribution in [2.45, 2.75) is 25.9 Å². The maximum absolute atomic E-state index is 4.89. The molecule has 0 saturated carbocycles. The molecule has 1 aromatic carbocycles. The van der Waals surface area contributed by atoms with Crippen molar-refractivity contribution in [3.05, 3.63) is 47.1 Å². The van der Waals surface area contributed by atoms with E-state index in [2.05, 4.69) is 57.4 Å². The Balaban J connectivity index is 1.90. The Kier molecular flexibility index (Phi) is 2.97. The molecule has 108 valence electrons. The molecule has 1 unspecified atom stereocenters. The summed E-state index contributed by atoms with van der Waals surface area (Å²) in [7, 11) is 1.98. The van der Waals surface area contributed by atoms with E-state index < -0.39 is 0 Å². The van der Waals surface area contributed by atoms with Crippen LogP contribution < -0.4 is 10.2 Å². The molecule has 5 heteroatoms. The zero-order chi connectivity index (χ0) is 14.4. The van der Waals surface area contributed by atoms with Crippen LogP contribution in [0.3, 0.4) is 0 Å². The van der Waals surface area contributed by atoms with Crippen molar-refractivity contribution in [2.75, 3.05) is 11.9 Å². The lowest BCUT2D eigenvalue weighted by Gasteiger charge is -2.24. The molecule has 0 bridgehead atoms. The number of rotatable bonds is 3. The van der Waals surface area contributed by atoms with Gasteiger partial charge in [0.15, 0.2) is 10.8 Å². The molecule has 1 aliphatic rings. The van der Waals surface area contributed by atoms with Gasteiger partial charge in [-0.1, -0.05) is 18.2 Å². The number of para-hydroxylation sites is 1. The van der Waals surface area contributed by atoms with Crippen LogP contribution in [0, 0.1) is 0 Å². The molecule has 0 fully saturated rings. The van der Waals surface area contributed by atoms with Gasteiger partial charge in [0.1, 0.15) is 0 Å². The highest BCUT2D eigenvalue weighted by molar-refractivity contribution is 7.15. The molecule has 2 aromatic heterocycles. The highest BCUT2D eigenvalue weighted by Crippen LogP contribution is 2.39. The first-order chi connectivity index (χ1) is 10.3. The van der Waals surface area contributed by atoms with Crippen LogP contribution in [-0.4, -0.2) is 22.5 Å². The van der Waals surface area contributed by atoms with Crippen molar-refractivity contribution in [1.29, 1.82) is 0 Å². The van der Waals surface area contributed by atoms with Crippen molar-refractivity contribution in [2.24, 2.45) is 0 Å². The molecule has 4 rings (SSSR count). The number of nitrogens with zero attached hydrogens (tertiary/aromatic N) is 3. The van der Waals surface area contributed by atoms with E-state index in [0.717, 1.165) is 23.7 Å². The fourth-order valence-corrected chi connectivity index (χ4v) is 3.96. The second-order valence-corrected chi connectivity index (χ2v) is 6.39. The van der Waals surface area contributed by atoms with Crippen LogP contribution in [0.1, 0.15) is 18.2 Å². The standard InChI is InChI=1S/C16H18N4S/c1-11-9-12-5-3-4-6-13(12)20(11)15-14(10-17-2)19-7-8-21-16(19)18-15/h3-8,11,17H,9-10H2,1-2H3. The molecule has 1 aliphatic heterocycles. The molecule has 0 radical (unpaired) electrons. The number of nitrogens with one attached hydrogen (secondary N) is 1. The summed E-state index contributed by atoms with van der Waals surface area (Å²) in [5, 5.41) is 5.36. The summed E-state index contributed by atoms with van der Waals surface area (Å²) < 4.78 is 2.20. The molecule has 0 saturated heterocycles. The first kappa shape index (κ1) is 12.9. The van der Waals surface area contributed by atoms with Crippen LogP contribution in [0.15, 0.2) is 35.8 Å². The summed E-state index contributed by atoms with van der Waals surface area (Å²) in [6, 6.07) is 9.11. The molecule has 1 atom stereocenters. The third-order valence-electron chi connectivity index (χ3n) is 4.12. The number of benzene rings is 1. The molecule has 0 spiro atoms. The number of imidazole rings is 1. The average molecular weight is 298 g/mol. The SMILES string of the molecule is CNCc1c(N2c3ccccc3CC2C)nc2sccn12. The number of hydrogen-bond donors (Lipinski definition) is 1. The molecular weight excluding hydrogens is 280 g/mol. The smallest absolute Gasteiger partial charge is 0.195 e. The van der Waals surface area contributed by atoms with Gasteiger partial charge in [0, 0.05) is 29.9 Å². The monoisotopic (exact) mass is 298 g/mol. The first-order valence-electron chi connectivity index (χ1n) is 7.25. The van der Waals surface area contributed by atoms with E-state index in [0.29, 0.717) is 6.04 Å². The summed E-state index contributed by atoms with van der Waals surface area (Å²) >= 11 is 1.69. The fourth-order valence-electron chi connectivity index (χ4n) is 3.23. The maximum Gasteiger partial charge on any atom is 0.195 e. The quantitative estimate of drug-likeness (QED) is 0.806. The van der Waals surface area contributed by atoms with Crippen LogP contribution in [0.2, 0.25) is 0 Å². The lowest BCUT2D eigenvalue weighted by Crippen LogP contribution is -2.26. The van der Waals surface area contributed by atoms with Gasteiger partial charge in [-0.2, -0.15) is 0 Å². The number of aromatic nitrogens is 2. The molecule has 21 heavy (non-hydrogen) atoms. The third kappa shape index (κ3) is 1.88. The Morgan fingerprint density at radius 1 is 1.38 bits per heavy atom. The minimum Gasteiger partial charge on any atom is -0.321 e. The van der Waals surface area contributed by atoms with Crippen LogP contribution in [0.4, 0.5) is 11.5 Å². The van der Waals surface area contributed by atoms with Crippen molar-refractivity contribution >= 4 is 27.8 Å². The Morgan fingerprint density at radius 2 is 2.24 bits per heavy atom. The zero-order valence-corrected chi connectivity index (χ0v) is 13.0. The van der Waals surface area contributed by atoms with Gasteiger partial charge >= 0.3 is 0 Å². The van der Waals surface area contributed by atoms with Crippen LogP contribution in [-0.2, 0) is 13.0 Å². The summed E-state index contributed by atoms with van der Waals surface area (Å²) in [6.45, 7) is 3.09. The van der Waals surface area contributed by atoms with Crippen molar-refractivity contribution in [3.63, 3.8) is 0 Å². The molecule has 4 nitrogen and oxygen atoms in total. The van der Waals surface area contributed by atoms with Gasteiger partial charge in [-0.25, -0.2) is 4.98 Å². The van der Waals surface area contributed by atoms with E-state index in [9.17, 15) is 0 Å². The second kappa shape index (κ2) is 4.86. The van der Waals surface area contributed by atoms with Crippen molar-refractivity contribution in [1.82, 2.24) is 14.7 Å². The summed E-state index contributed by atoms with van der Waals surface area (Å²) in [4.78, 5) is 8.34. The maximum atomic E-state index is 4.89. The lowest BCUT2D eigenvalue weighted by atomic mass is 10.1. The van der Waals surface area contributed by atoms with Gasteiger partial charge < -0.3 is 10.2 Å². The van der Waals surface area contributed by atoms with Crippen molar-refractivity contribution < 1.29 is 0 Å². The van der Waals surface area contributed by atoms with E-state index in [1.807, 2.05) is 7.05 Å². The molecule has 0 aliphatic carbocycles. The molecule has 1 N–H and O–H groups in total. The second-order valence-electron chi connectivity index (χ2n) is 5.52. The average Bonchev–Trinajstić information content (AvgIpc) is 3.12. The van der Waals surface area contributed by atoms with Crippen molar-refractivity contribution in [3.8, 4) is 0 Å². The Bertz CT molecular complexity index is 789. The lowest BCUT2D eigenvalue weighted by molar-refractivity contribution is 0.732. The minimum atomic E-state index is 0.447. The number of thiazole rings is 1. The fraction of sp³-hybridized carbons (Fsp3) is 0.312. The van der Waals surface area contributed by atoms with Crippen LogP contribution in [0.25, 0.3) is 4.96 Å². The van der Waals surface area contributed by atoms with Gasteiger partial charge in [0.25, 0.3) is 0 Å². The van der Waals surface area contributed by atoms with Crippen LogP contribution in [0.5, 0.6) is 0 Å². The van der Waals surface area contributed by atoms with E-state index in [-0.39, 0.29) is 0 Å². The summed E-state index contributed by atoms with van der Waals surface area (Å²) in [5.74, 6) is 1.09. The normalized spacial score (nSPS) is 17.6. The first-order valence-corrected chi connectivity index (χ1v) is 8.13. The molecule has 0 amide bonds. The summed E-state index contributed by atoms with van der Waals surface area (Å²) in [6.07, 6.45) is 3.19. The van der Waals surface area contributed by atoms with E-state index >= 15 is 0 Å². The molecule has 3 aromatic rings. The predicted octanol–water partition coefficient (Wildman–Crippen LogP) is 3.20. The Hall–Kier alpha value is -1.85. The van der Waals surface area contributed by atoms with Gasteiger partial charge in [-0.15, -0.1) is 11.3 Å². The Labute approximate surface area is 128 Å². The zero-order valence-electron chi connectivity index (χ0n) is 12.2. The highest BCUT2D eigenvalue weighted by Gasteiger charge is 2.30. The van der Waals surface area contributed by atoms with Gasteiger partial charge in [0.2, 0.25) is 0 Å². The highest BCUT2D eigenvalue weighted by atomic mass is 32.1. The predicted molar refractivity (Wildman–Crippen MR) is 87.6 cm³/mol. The largest absolute Gasteiger partial charge is 0.321 e. The molecule has 3 heterocycles. The number of fused-ring (bicyclic) bond motifs is 2. The Morgan fingerprint density at radius 3 is 3.10 bits per heavy atom. The third-order valence-corrected chi connectivity index (χ3v) is 4.88.